The van der Waals surface area contributed by atoms with Crippen LogP contribution in [-0.4, -0.2) is 30.9 Å². The third kappa shape index (κ3) is 3.25. The Morgan fingerprint density at radius 1 is 1.03 bits per heavy atom. The number of ether oxygens (including phenoxy) is 2. The summed E-state index contributed by atoms with van der Waals surface area (Å²) in [7, 11) is 0. The molecule has 29 heavy (non-hydrogen) atoms. The normalized spacial score (nSPS) is 41.9. The quantitative estimate of drug-likeness (QED) is 0.392. The van der Waals surface area contributed by atoms with Gasteiger partial charge in [-0.15, -0.1) is 0 Å². The van der Waals surface area contributed by atoms with Crippen LogP contribution in [0.4, 0.5) is 0 Å². The number of fused-ring (bicyclic) bond motifs is 3. The summed E-state index contributed by atoms with van der Waals surface area (Å²) in [5.74, 6) is -0.147. The van der Waals surface area contributed by atoms with Gasteiger partial charge in [0, 0.05) is 19.3 Å². The second kappa shape index (κ2) is 7.55. The maximum atomic E-state index is 13.0. The first kappa shape index (κ1) is 22.0. The van der Waals surface area contributed by atoms with Gasteiger partial charge in [0.1, 0.15) is 11.2 Å². The van der Waals surface area contributed by atoms with Gasteiger partial charge in [0.05, 0.1) is 13.2 Å². The molecule has 3 aliphatic carbocycles. The molecular weight excluding hydrogens is 368 g/mol. The summed E-state index contributed by atoms with van der Waals surface area (Å²) in [6.45, 7) is 14.6. The average molecular weight is 405 g/mol. The van der Waals surface area contributed by atoms with Gasteiger partial charge in [-0.3, -0.25) is 14.4 Å². The maximum Gasteiger partial charge on any atom is 0.319 e. The van der Waals surface area contributed by atoms with Crippen LogP contribution in [-0.2, 0) is 23.9 Å². The third-order valence-electron chi connectivity index (χ3n) is 8.72. The summed E-state index contributed by atoms with van der Waals surface area (Å²) in [5.41, 5.74) is -0.0830. The molecule has 3 rings (SSSR count). The number of ketones is 1. The van der Waals surface area contributed by atoms with Crippen LogP contribution >= 0.6 is 0 Å². The number of carbonyl (C=O) groups is 3. The first-order valence-corrected chi connectivity index (χ1v) is 11.0. The molecule has 0 aromatic carbocycles. The van der Waals surface area contributed by atoms with Gasteiger partial charge in [0.15, 0.2) is 0 Å². The highest BCUT2D eigenvalue weighted by atomic mass is 16.5. The van der Waals surface area contributed by atoms with Gasteiger partial charge in [0.25, 0.3) is 0 Å². The monoisotopic (exact) mass is 404 g/mol. The van der Waals surface area contributed by atoms with E-state index in [1.807, 2.05) is 6.92 Å². The van der Waals surface area contributed by atoms with Crippen molar-refractivity contribution >= 4 is 17.7 Å². The standard InChI is InChI=1S/C24H36O5/c1-7-28-21(27)24(6)19-10-12-22(4)17(14-29-16(3)25)15(2)8-9-18(22)23(19,5)13-11-20(24)26/h17-19H,2,7-14H2,1,3-6H3/t17-,18+,19-,22+,23-,24-/m1/s1. The molecule has 0 N–H and O–H groups in total. The molecule has 0 bridgehead atoms. The topological polar surface area (TPSA) is 69.7 Å². The molecule has 5 heteroatoms. The Morgan fingerprint density at radius 2 is 1.72 bits per heavy atom. The van der Waals surface area contributed by atoms with Gasteiger partial charge in [-0.1, -0.05) is 26.0 Å². The fourth-order valence-corrected chi connectivity index (χ4v) is 7.18. The van der Waals surface area contributed by atoms with E-state index in [1.54, 1.807) is 6.92 Å². The molecule has 0 radical (unpaired) electrons. The van der Waals surface area contributed by atoms with Crippen molar-refractivity contribution < 1.29 is 23.9 Å². The highest BCUT2D eigenvalue weighted by Crippen LogP contribution is 2.68. The van der Waals surface area contributed by atoms with E-state index in [9.17, 15) is 14.4 Å². The lowest BCUT2D eigenvalue weighted by atomic mass is 9.39. The van der Waals surface area contributed by atoms with Crippen LogP contribution in [0, 0.1) is 34.0 Å². The van der Waals surface area contributed by atoms with Crippen molar-refractivity contribution in [2.45, 2.75) is 73.1 Å². The lowest BCUT2D eigenvalue weighted by molar-refractivity contribution is -0.192. The zero-order chi connectivity index (χ0) is 21.6. The number of hydrogen-bond donors (Lipinski definition) is 0. The molecule has 3 fully saturated rings. The molecule has 0 spiro atoms. The summed E-state index contributed by atoms with van der Waals surface area (Å²) in [4.78, 5) is 37.4. The van der Waals surface area contributed by atoms with Crippen molar-refractivity contribution in [3.05, 3.63) is 12.2 Å². The minimum atomic E-state index is -1.07. The highest BCUT2D eigenvalue weighted by molar-refractivity contribution is 6.04. The van der Waals surface area contributed by atoms with Crippen molar-refractivity contribution in [1.29, 1.82) is 0 Å². The Morgan fingerprint density at radius 3 is 2.34 bits per heavy atom. The predicted molar refractivity (Wildman–Crippen MR) is 110 cm³/mol. The second-order valence-electron chi connectivity index (χ2n) is 10.1. The Bertz CT molecular complexity index is 727. The lowest BCUT2D eigenvalue weighted by Crippen LogP contribution is -2.63. The van der Waals surface area contributed by atoms with E-state index in [1.165, 1.54) is 6.92 Å². The highest BCUT2D eigenvalue weighted by Gasteiger charge is 2.66. The molecule has 6 atom stereocenters. The van der Waals surface area contributed by atoms with Crippen molar-refractivity contribution in [3.63, 3.8) is 0 Å². The van der Waals surface area contributed by atoms with Crippen LogP contribution in [0.3, 0.4) is 0 Å². The molecular formula is C24H36O5. The van der Waals surface area contributed by atoms with E-state index in [-0.39, 0.29) is 47.0 Å². The molecule has 0 saturated heterocycles. The summed E-state index contributed by atoms with van der Waals surface area (Å²) < 4.78 is 10.8. The molecule has 0 aliphatic heterocycles. The minimum Gasteiger partial charge on any atom is -0.465 e. The average Bonchev–Trinajstić information content (AvgIpc) is 2.64. The van der Waals surface area contributed by atoms with Gasteiger partial charge in [-0.2, -0.15) is 0 Å². The van der Waals surface area contributed by atoms with E-state index in [0.717, 1.165) is 37.7 Å². The Labute approximate surface area is 174 Å². The van der Waals surface area contributed by atoms with E-state index in [0.29, 0.717) is 18.9 Å². The fourth-order valence-electron chi connectivity index (χ4n) is 7.18. The Balaban J connectivity index is 1.98. The van der Waals surface area contributed by atoms with Gasteiger partial charge >= 0.3 is 11.9 Å². The summed E-state index contributed by atoms with van der Waals surface area (Å²) in [5, 5.41) is 0. The third-order valence-corrected chi connectivity index (χ3v) is 8.72. The zero-order valence-electron chi connectivity index (χ0n) is 18.6. The largest absolute Gasteiger partial charge is 0.465 e. The maximum absolute atomic E-state index is 13.0. The number of esters is 2. The van der Waals surface area contributed by atoms with Gasteiger partial charge in [-0.25, -0.2) is 0 Å². The van der Waals surface area contributed by atoms with Crippen LogP contribution in [0.2, 0.25) is 0 Å². The number of Topliss-reactive ketones (excluding diaryl/α,β-unsaturated/α-hetero) is 1. The van der Waals surface area contributed by atoms with E-state index >= 15 is 0 Å². The zero-order valence-corrected chi connectivity index (χ0v) is 18.6. The summed E-state index contributed by atoms with van der Waals surface area (Å²) in [6.07, 6.45) is 4.83. The number of hydrogen-bond acceptors (Lipinski definition) is 5. The summed E-state index contributed by atoms with van der Waals surface area (Å²) >= 11 is 0. The van der Waals surface area contributed by atoms with E-state index < -0.39 is 5.41 Å². The molecule has 0 unspecified atom stereocenters. The molecule has 162 valence electrons. The molecule has 0 heterocycles. The van der Waals surface area contributed by atoms with Crippen LogP contribution < -0.4 is 0 Å². The minimum absolute atomic E-state index is 0.0193. The van der Waals surface area contributed by atoms with Crippen molar-refractivity contribution in [2.75, 3.05) is 13.2 Å². The Kier molecular flexibility index (Phi) is 5.74. The van der Waals surface area contributed by atoms with Crippen molar-refractivity contribution in [3.8, 4) is 0 Å². The van der Waals surface area contributed by atoms with Gasteiger partial charge < -0.3 is 9.47 Å². The molecule has 0 amide bonds. The lowest BCUT2D eigenvalue weighted by Gasteiger charge is -2.65. The fraction of sp³-hybridized carbons (Fsp3) is 0.792. The van der Waals surface area contributed by atoms with Crippen LogP contribution in [0.25, 0.3) is 0 Å². The molecule has 0 aromatic rings. The van der Waals surface area contributed by atoms with Crippen LogP contribution in [0.15, 0.2) is 12.2 Å². The second-order valence-corrected chi connectivity index (χ2v) is 10.1. The SMILES string of the molecule is C=C1CC[C@H]2[C@@](C)(CC[C@H]3[C@@](C)(C(=O)OCC)C(=O)CC[C@]23C)[C@@H]1COC(C)=O. The molecule has 3 aliphatic rings. The molecule has 3 saturated carbocycles. The smallest absolute Gasteiger partial charge is 0.319 e. The summed E-state index contributed by atoms with van der Waals surface area (Å²) in [6, 6.07) is 0. The van der Waals surface area contributed by atoms with Gasteiger partial charge in [0.2, 0.25) is 0 Å². The molecule has 0 aromatic heterocycles. The first-order chi connectivity index (χ1) is 13.5. The van der Waals surface area contributed by atoms with E-state index in [2.05, 4.69) is 20.4 Å². The molecule has 5 nitrogen and oxygen atoms in total. The van der Waals surface area contributed by atoms with Crippen LogP contribution in [0.5, 0.6) is 0 Å². The predicted octanol–water partition coefficient (Wildman–Crippen LogP) is 4.49. The van der Waals surface area contributed by atoms with Crippen molar-refractivity contribution in [1.82, 2.24) is 0 Å². The first-order valence-electron chi connectivity index (χ1n) is 11.0. The van der Waals surface area contributed by atoms with Gasteiger partial charge in [-0.05, 0) is 68.6 Å². The Hall–Kier alpha value is -1.65. The van der Waals surface area contributed by atoms with Crippen molar-refractivity contribution in [2.24, 2.45) is 34.0 Å². The van der Waals surface area contributed by atoms with E-state index in [4.69, 9.17) is 9.47 Å². The van der Waals surface area contributed by atoms with Crippen LogP contribution in [0.1, 0.15) is 73.1 Å². The number of carbonyl (C=O) groups excluding carboxylic acids is 3. The number of rotatable bonds is 4.